The van der Waals surface area contributed by atoms with Crippen molar-refractivity contribution in [2.45, 2.75) is 75.8 Å². The summed E-state index contributed by atoms with van der Waals surface area (Å²) in [5.74, 6) is 1.66. The first-order valence-corrected chi connectivity index (χ1v) is 14.2. The van der Waals surface area contributed by atoms with Gasteiger partial charge in [-0.3, -0.25) is 4.79 Å². The molecular weight excluding hydrogens is 460 g/mol. The van der Waals surface area contributed by atoms with Gasteiger partial charge in [0.2, 0.25) is 5.91 Å². The molecule has 1 amide bonds. The molecule has 1 aromatic carbocycles. The van der Waals surface area contributed by atoms with E-state index >= 15 is 0 Å². The van der Waals surface area contributed by atoms with Crippen molar-refractivity contribution >= 4 is 16.9 Å². The van der Waals surface area contributed by atoms with E-state index in [0.717, 1.165) is 40.5 Å². The van der Waals surface area contributed by atoms with Crippen LogP contribution in [0.15, 0.2) is 17.0 Å². The van der Waals surface area contributed by atoms with Crippen LogP contribution in [0.3, 0.4) is 0 Å². The highest BCUT2D eigenvalue weighted by molar-refractivity contribution is 7.82. The normalized spacial score (nSPS) is 23.0. The maximum Gasteiger partial charge on any atom is 0.221 e. The lowest BCUT2D eigenvalue weighted by molar-refractivity contribution is -0.122. The van der Waals surface area contributed by atoms with Crippen LogP contribution < -0.4 is 10.1 Å². The highest BCUT2D eigenvalue weighted by atomic mass is 32.2. The Balaban J connectivity index is 1.38. The Bertz CT molecular complexity index is 839. The molecule has 35 heavy (non-hydrogen) atoms. The molecule has 0 bridgehead atoms. The number of hydrogen-bond donors (Lipinski definition) is 1. The summed E-state index contributed by atoms with van der Waals surface area (Å²) in [6.45, 7) is 8.00. The van der Waals surface area contributed by atoms with Crippen LogP contribution in [0.4, 0.5) is 0 Å². The van der Waals surface area contributed by atoms with Gasteiger partial charge in [0.05, 0.1) is 12.0 Å². The number of likely N-dealkylation sites (tertiary alicyclic amines) is 1. The van der Waals surface area contributed by atoms with Gasteiger partial charge in [0.15, 0.2) is 0 Å². The lowest BCUT2D eigenvalue weighted by Gasteiger charge is -2.41. The van der Waals surface area contributed by atoms with Gasteiger partial charge in [-0.15, -0.1) is 0 Å². The lowest BCUT2D eigenvalue weighted by Crippen LogP contribution is -2.47. The molecule has 1 aromatic rings. The van der Waals surface area contributed by atoms with E-state index < -0.39 is 11.0 Å². The molecule has 1 saturated heterocycles. The molecule has 2 fully saturated rings. The van der Waals surface area contributed by atoms with Gasteiger partial charge < -0.3 is 19.9 Å². The second-order valence-electron chi connectivity index (χ2n) is 10.8. The second kappa shape index (κ2) is 13.2. The average molecular weight is 507 g/mol. The van der Waals surface area contributed by atoms with Crippen molar-refractivity contribution in [2.24, 2.45) is 5.92 Å². The summed E-state index contributed by atoms with van der Waals surface area (Å²) in [7, 11) is 6.48. The van der Waals surface area contributed by atoms with Gasteiger partial charge >= 0.3 is 0 Å². The molecule has 198 valence electrons. The maximum atomic E-state index is 13.1. The summed E-state index contributed by atoms with van der Waals surface area (Å²) >= 11 is 0. The van der Waals surface area contributed by atoms with Gasteiger partial charge in [-0.05, 0) is 109 Å². The Morgan fingerprint density at radius 1 is 1.06 bits per heavy atom. The lowest BCUT2D eigenvalue weighted by atomic mass is 9.87. The first kappa shape index (κ1) is 28.1. The summed E-state index contributed by atoms with van der Waals surface area (Å²) in [4.78, 5) is 18.4. The molecule has 0 radical (unpaired) electrons. The number of nitrogens with zero attached hydrogens (tertiary/aromatic N) is 3. The first-order chi connectivity index (χ1) is 16.7. The topological polar surface area (TPSA) is 65.1 Å². The van der Waals surface area contributed by atoms with Crippen LogP contribution in [0, 0.1) is 19.8 Å². The predicted octanol–water partition coefficient (Wildman–Crippen LogP) is 3.36. The van der Waals surface area contributed by atoms with Crippen molar-refractivity contribution in [2.75, 3.05) is 54.4 Å². The number of amides is 1. The number of rotatable bonds is 10. The molecule has 8 heteroatoms. The summed E-state index contributed by atoms with van der Waals surface area (Å²) in [5, 5.41) is 3.24. The van der Waals surface area contributed by atoms with E-state index in [-0.39, 0.29) is 11.9 Å². The highest BCUT2D eigenvalue weighted by Gasteiger charge is 2.29. The summed E-state index contributed by atoms with van der Waals surface area (Å²) in [6, 6.07) is 4.76. The zero-order valence-corrected chi connectivity index (χ0v) is 23.5. The largest absolute Gasteiger partial charge is 0.497 e. The van der Waals surface area contributed by atoms with Crippen LogP contribution in [0.25, 0.3) is 0 Å². The Kier molecular flexibility index (Phi) is 10.6. The number of methoxy groups -OCH3 is 1. The fourth-order valence-corrected chi connectivity index (χ4v) is 6.94. The number of benzene rings is 1. The fraction of sp³-hybridized carbons (Fsp3) is 0.741. The van der Waals surface area contributed by atoms with Crippen molar-refractivity contribution in [3.05, 3.63) is 23.3 Å². The minimum Gasteiger partial charge on any atom is -0.497 e. The molecule has 7 nitrogen and oxygen atoms in total. The van der Waals surface area contributed by atoms with Crippen molar-refractivity contribution in [3.8, 4) is 5.75 Å². The van der Waals surface area contributed by atoms with E-state index in [9.17, 15) is 9.00 Å². The smallest absolute Gasteiger partial charge is 0.221 e. The van der Waals surface area contributed by atoms with Crippen LogP contribution in [0.1, 0.15) is 56.1 Å². The highest BCUT2D eigenvalue weighted by Crippen LogP contribution is 2.28. The third-order valence-electron chi connectivity index (χ3n) is 7.63. The molecule has 3 rings (SSSR count). The maximum absolute atomic E-state index is 13.1. The molecule has 1 aliphatic heterocycles. The molecule has 1 unspecified atom stereocenters. The molecule has 2 aliphatic rings. The van der Waals surface area contributed by atoms with Gasteiger partial charge in [-0.1, -0.05) is 0 Å². The average Bonchev–Trinajstić information content (AvgIpc) is 2.82. The number of carbonyl (C=O) groups is 1. The number of nitrogens with one attached hydrogen (secondary N) is 1. The van der Waals surface area contributed by atoms with Gasteiger partial charge in [0.25, 0.3) is 0 Å². The Labute approximate surface area is 215 Å². The van der Waals surface area contributed by atoms with E-state index in [0.29, 0.717) is 19.0 Å². The van der Waals surface area contributed by atoms with E-state index in [2.05, 4.69) is 29.2 Å². The van der Waals surface area contributed by atoms with Gasteiger partial charge in [0.1, 0.15) is 16.7 Å². The zero-order valence-electron chi connectivity index (χ0n) is 22.6. The first-order valence-electron chi connectivity index (χ1n) is 13.1. The predicted molar refractivity (Wildman–Crippen MR) is 143 cm³/mol. The van der Waals surface area contributed by atoms with Gasteiger partial charge in [0, 0.05) is 38.6 Å². The van der Waals surface area contributed by atoms with Crippen LogP contribution in [-0.4, -0.2) is 90.7 Å². The standard InChI is InChI=1S/C27H46N4O3S/c1-20-17-25(34-6)18-21(2)27(20)35(33)30(5)14-13-26(32)28-23-7-9-24(10-8-23)31-15-11-22(12-16-31)19-29(3)4/h17-18,22-24H,7-16,19H2,1-6H3,(H,28,32). The molecule has 1 N–H and O–H groups in total. The zero-order chi connectivity index (χ0) is 25.5. The number of ether oxygens (including phenoxy) is 1. The number of carbonyl (C=O) groups excluding carboxylic acids is 1. The van der Waals surface area contributed by atoms with Gasteiger partial charge in [-0.2, -0.15) is 0 Å². The Morgan fingerprint density at radius 2 is 1.66 bits per heavy atom. The third kappa shape index (κ3) is 8.00. The molecule has 0 spiro atoms. The van der Waals surface area contributed by atoms with Gasteiger partial charge in [-0.25, -0.2) is 8.51 Å². The number of aryl methyl sites for hydroxylation is 2. The molecule has 1 saturated carbocycles. The van der Waals surface area contributed by atoms with E-state index in [1.165, 1.54) is 45.3 Å². The quantitative estimate of drug-likeness (QED) is 0.527. The van der Waals surface area contributed by atoms with E-state index in [4.69, 9.17) is 4.74 Å². The minimum absolute atomic E-state index is 0.0602. The third-order valence-corrected chi connectivity index (χ3v) is 9.37. The summed E-state index contributed by atoms with van der Waals surface area (Å²) < 4.78 is 20.2. The number of piperidine rings is 1. The fourth-order valence-electron chi connectivity index (χ4n) is 5.70. The van der Waals surface area contributed by atoms with Crippen LogP contribution >= 0.6 is 0 Å². The molecule has 1 aliphatic carbocycles. The second-order valence-corrected chi connectivity index (χ2v) is 12.3. The minimum atomic E-state index is -1.31. The molecular formula is C27H46N4O3S. The molecule has 1 atom stereocenters. The Hall–Kier alpha value is -1.48. The van der Waals surface area contributed by atoms with Crippen molar-refractivity contribution in [3.63, 3.8) is 0 Å². The Morgan fingerprint density at radius 3 is 2.20 bits per heavy atom. The van der Waals surface area contributed by atoms with Crippen LogP contribution in [0.5, 0.6) is 5.75 Å². The molecule has 0 aromatic heterocycles. The van der Waals surface area contributed by atoms with Crippen LogP contribution in [-0.2, 0) is 15.8 Å². The van der Waals surface area contributed by atoms with Crippen molar-refractivity contribution in [1.29, 1.82) is 0 Å². The van der Waals surface area contributed by atoms with E-state index in [1.54, 1.807) is 11.4 Å². The summed E-state index contributed by atoms with van der Waals surface area (Å²) in [5.41, 5.74) is 1.88. The molecule has 1 heterocycles. The summed E-state index contributed by atoms with van der Waals surface area (Å²) in [6.07, 6.45) is 7.42. The van der Waals surface area contributed by atoms with Crippen molar-refractivity contribution < 1.29 is 13.7 Å². The monoisotopic (exact) mass is 506 g/mol. The van der Waals surface area contributed by atoms with Crippen molar-refractivity contribution in [1.82, 2.24) is 19.4 Å². The SMILES string of the molecule is COc1cc(C)c(S(=O)N(C)CCC(=O)NC2CCC(N3CCC(CN(C)C)CC3)CC2)c(C)c1. The number of hydrogen-bond acceptors (Lipinski definition) is 5. The van der Waals surface area contributed by atoms with E-state index in [1.807, 2.05) is 33.0 Å². The van der Waals surface area contributed by atoms with Crippen LogP contribution in [0.2, 0.25) is 0 Å².